The van der Waals surface area contributed by atoms with Crippen molar-refractivity contribution >= 4 is 5.78 Å². The average Bonchev–Trinajstić information content (AvgIpc) is 2.95. The largest absolute Gasteiger partial charge is 0.353 e. The summed E-state index contributed by atoms with van der Waals surface area (Å²) < 4.78 is 4.18. The van der Waals surface area contributed by atoms with Crippen LogP contribution in [0.15, 0.2) is 24.8 Å². The third-order valence-electron chi connectivity index (χ3n) is 3.88. The number of carbonyl (C=O) groups is 1. The average molecular weight is 257 g/mol. The molecule has 0 fully saturated rings. The maximum absolute atomic E-state index is 12.0. The Morgan fingerprint density at radius 3 is 2.89 bits per heavy atom. The molecule has 0 saturated carbocycles. The third-order valence-corrected chi connectivity index (χ3v) is 3.88. The van der Waals surface area contributed by atoms with E-state index in [9.17, 15) is 4.79 Å². The van der Waals surface area contributed by atoms with Gasteiger partial charge in [0.05, 0.1) is 0 Å². The van der Waals surface area contributed by atoms with Gasteiger partial charge in [0, 0.05) is 56.8 Å². The Kier molecular flexibility index (Phi) is 3.23. The van der Waals surface area contributed by atoms with Crippen molar-refractivity contribution in [3.05, 3.63) is 41.7 Å². The Hall–Kier alpha value is -1.84. The first-order valence-electron chi connectivity index (χ1n) is 6.92. The molecule has 4 nitrogen and oxygen atoms in total. The van der Waals surface area contributed by atoms with Crippen LogP contribution in [0.1, 0.15) is 41.0 Å². The minimum atomic E-state index is 0.309. The molecule has 0 spiro atoms. The van der Waals surface area contributed by atoms with Crippen LogP contribution < -0.4 is 0 Å². The van der Waals surface area contributed by atoms with E-state index in [1.165, 1.54) is 5.56 Å². The van der Waals surface area contributed by atoms with Gasteiger partial charge in [-0.05, 0) is 24.8 Å². The fraction of sp³-hybridized carbons (Fsp3) is 0.467. The van der Waals surface area contributed by atoms with E-state index in [4.69, 9.17) is 0 Å². The van der Waals surface area contributed by atoms with Crippen LogP contribution in [0, 0.1) is 0 Å². The molecule has 0 amide bonds. The van der Waals surface area contributed by atoms with Crippen molar-refractivity contribution in [2.75, 3.05) is 0 Å². The maximum Gasteiger partial charge on any atom is 0.164 e. The van der Waals surface area contributed by atoms with Crippen LogP contribution in [0.5, 0.6) is 0 Å². The van der Waals surface area contributed by atoms with Gasteiger partial charge in [-0.15, -0.1) is 0 Å². The lowest BCUT2D eigenvalue weighted by atomic mass is 10.1. The van der Waals surface area contributed by atoms with Crippen LogP contribution in [-0.2, 0) is 26.4 Å². The summed E-state index contributed by atoms with van der Waals surface area (Å²) in [6.07, 6.45) is 12.7. The number of nitrogens with zero attached hydrogens (tertiary/aromatic N) is 3. The number of aryl methyl sites for hydroxylation is 4. The molecule has 0 unspecified atom stereocenters. The second-order valence-corrected chi connectivity index (χ2v) is 5.27. The highest BCUT2D eigenvalue weighted by Gasteiger charge is 2.17. The molecule has 0 aromatic carbocycles. The molecule has 4 heteroatoms. The van der Waals surface area contributed by atoms with E-state index in [1.807, 2.05) is 30.2 Å². The van der Waals surface area contributed by atoms with Crippen LogP contribution in [-0.4, -0.2) is 19.9 Å². The van der Waals surface area contributed by atoms with Crippen molar-refractivity contribution in [2.45, 2.75) is 38.6 Å². The molecular weight excluding hydrogens is 238 g/mol. The van der Waals surface area contributed by atoms with Crippen molar-refractivity contribution in [3.8, 4) is 0 Å². The summed E-state index contributed by atoms with van der Waals surface area (Å²) in [4.78, 5) is 16.3. The fourth-order valence-electron chi connectivity index (χ4n) is 2.74. The van der Waals surface area contributed by atoms with Crippen molar-refractivity contribution in [1.82, 2.24) is 14.1 Å². The number of hydrogen-bond acceptors (Lipinski definition) is 2. The molecule has 0 N–H and O–H groups in total. The lowest BCUT2D eigenvalue weighted by molar-refractivity contribution is 0.0982. The summed E-state index contributed by atoms with van der Waals surface area (Å²) in [5.74, 6) is 1.39. The van der Waals surface area contributed by atoms with Gasteiger partial charge in [0.15, 0.2) is 5.78 Å². The molecule has 2 aromatic heterocycles. The zero-order chi connectivity index (χ0) is 13.2. The zero-order valence-electron chi connectivity index (χ0n) is 11.3. The molecule has 19 heavy (non-hydrogen) atoms. The maximum atomic E-state index is 12.0. The van der Waals surface area contributed by atoms with Gasteiger partial charge >= 0.3 is 0 Å². The Balaban J connectivity index is 1.74. The van der Waals surface area contributed by atoms with Crippen LogP contribution >= 0.6 is 0 Å². The van der Waals surface area contributed by atoms with E-state index in [2.05, 4.69) is 15.7 Å². The van der Waals surface area contributed by atoms with Gasteiger partial charge in [0.1, 0.15) is 5.82 Å². The van der Waals surface area contributed by atoms with Gasteiger partial charge in [-0.25, -0.2) is 4.98 Å². The van der Waals surface area contributed by atoms with E-state index in [1.54, 1.807) is 0 Å². The summed E-state index contributed by atoms with van der Waals surface area (Å²) in [6, 6.07) is 0. The molecular formula is C15H19N3O. The van der Waals surface area contributed by atoms with Gasteiger partial charge < -0.3 is 9.13 Å². The highest BCUT2D eigenvalue weighted by Crippen LogP contribution is 2.21. The van der Waals surface area contributed by atoms with Crippen molar-refractivity contribution in [1.29, 1.82) is 0 Å². The Morgan fingerprint density at radius 1 is 1.26 bits per heavy atom. The van der Waals surface area contributed by atoms with Gasteiger partial charge in [0.25, 0.3) is 0 Å². The molecule has 2 aromatic rings. The van der Waals surface area contributed by atoms with Gasteiger partial charge in [-0.2, -0.15) is 0 Å². The number of rotatable bonds is 3. The van der Waals surface area contributed by atoms with Crippen LogP contribution in [0.4, 0.5) is 0 Å². The SMILES string of the molecule is Cn1ccnc1CCn1cc2c(c1)C(=O)CCCC2. The molecule has 3 rings (SSSR count). The van der Waals surface area contributed by atoms with E-state index in [-0.39, 0.29) is 0 Å². The van der Waals surface area contributed by atoms with Gasteiger partial charge in [-0.3, -0.25) is 4.79 Å². The molecule has 0 bridgehead atoms. The number of hydrogen-bond donors (Lipinski definition) is 0. The molecule has 0 radical (unpaired) electrons. The Labute approximate surface area is 113 Å². The smallest absolute Gasteiger partial charge is 0.164 e. The van der Waals surface area contributed by atoms with Crippen LogP contribution in [0.2, 0.25) is 0 Å². The Morgan fingerprint density at radius 2 is 2.11 bits per heavy atom. The molecule has 2 heterocycles. The second-order valence-electron chi connectivity index (χ2n) is 5.27. The lowest BCUT2D eigenvalue weighted by Crippen LogP contribution is -2.04. The molecule has 1 aliphatic rings. The second kappa shape index (κ2) is 5.03. The normalized spacial score (nSPS) is 15.3. The molecule has 0 atom stereocenters. The van der Waals surface area contributed by atoms with Gasteiger partial charge in [0.2, 0.25) is 0 Å². The summed E-state index contributed by atoms with van der Waals surface area (Å²) in [5, 5.41) is 0. The quantitative estimate of drug-likeness (QED) is 0.792. The summed E-state index contributed by atoms with van der Waals surface area (Å²) in [6.45, 7) is 0.880. The zero-order valence-corrected chi connectivity index (χ0v) is 11.3. The fourth-order valence-corrected chi connectivity index (χ4v) is 2.74. The molecule has 100 valence electrons. The number of aromatic nitrogens is 3. The monoisotopic (exact) mass is 257 g/mol. The number of imidazole rings is 1. The van der Waals surface area contributed by atoms with E-state index >= 15 is 0 Å². The predicted octanol–water partition coefficient (Wildman–Crippen LogP) is 2.37. The first-order chi connectivity index (χ1) is 9.24. The van der Waals surface area contributed by atoms with Crippen molar-refractivity contribution in [3.63, 3.8) is 0 Å². The number of Topliss-reactive ketones (excluding diaryl/α,β-unsaturated/α-hetero) is 1. The number of fused-ring (bicyclic) bond motifs is 1. The predicted molar refractivity (Wildman–Crippen MR) is 73.2 cm³/mol. The van der Waals surface area contributed by atoms with Crippen LogP contribution in [0.25, 0.3) is 0 Å². The summed E-state index contributed by atoms with van der Waals surface area (Å²) in [7, 11) is 2.01. The van der Waals surface area contributed by atoms with E-state index in [0.29, 0.717) is 12.2 Å². The summed E-state index contributed by atoms with van der Waals surface area (Å²) >= 11 is 0. The number of carbonyl (C=O) groups excluding carboxylic acids is 1. The highest BCUT2D eigenvalue weighted by molar-refractivity contribution is 5.97. The minimum absolute atomic E-state index is 0.309. The first kappa shape index (κ1) is 12.2. The third kappa shape index (κ3) is 2.48. The van der Waals surface area contributed by atoms with Gasteiger partial charge in [-0.1, -0.05) is 0 Å². The number of ketones is 1. The molecule has 1 aliphatic carbocycles. The van der Waals surface area contributed by atoms with E-state index in [0.717, 1.165) is 43.6 Å². The van der Waals surface area contributed by atoms with Crippen molar-refractivity contribution in [2.24, 2.45) is 7.05 Å². The standard InChI is InChI=1S/C15H19N3O/c1-17-9-7-16-15(17)6-8-18-10-12-4-2-3-5-14(19)13(12)11-18/h7,9-11H,2-6,8H2,1H3. The summed E-state index contributed by atoms with van der Waals surface area (Å²) in [5.41, 5.74) is 2.17. The van der Waals surface area contributed by atoms with E-state index < -0.39 is 0 Å². The minimum Gasteiger partial charge on any atom is -0.353 e. The highest BCUT2D eigenvalue weighted by atomic mass is 16.1. The lowest BCUT2D eigenvalue weighted by Gasteiger charge is -2.03. The van der Waals surface area contributed by atoms with Crippen molar-refractivity contribution < 1.29 is 4.79 Å². The van der Waals surface area contributed by atoms with Crippen LogP contribution in [0.3, 0.4) is 0 Å². The topological polar surface area (TPSA) is 39.8 Å². The molecule has 0 aliphatic heterocycles. The molecule has 0 saturated heterocycles. The first-order valence-corrected chi connectivity index (χ1v) is 6.92. The Bertz CT molecular complexity index is 594.